The quantitative estimate of drug-likeness (QED) is 0.136. The lowest BCUT2D eigenvalue weighted by molar-refractivity contribution is 1.16. The van der Waals surface area contributed by atoms with Crippen LogP contribution in [0, 0.1) is 0 Å². The predicted octanol–water partition coefficient (Wildman–Crippen LogP) is 19.3. The van der Waals surface area contributed by atoms with Crippen molar-refractivity contribution in [3.05, 3.63) is 291 Å². The maximum Gasteiger partial charge on any atom is 0.0804 e. The minimum Gasteiger partial charge on any atom is -0.311 e. The molecule has 14 aromatic rings. The zero-order valence-electron chi connectivity index (χ0n) is 40.5. The molecule has 12 aromatic carbocycles. The predicted molar refractivity (Wildman–Crippen MR) is 313 cm³/mol. The van der Waals surface area contributed by atoms with E-state index in [1.165, 1.54) is 54.6 Å². The molecule has 0 fully saturated rings. The maximum atomic E-state index is 2.51. The number of hydrogen-bond donors (Lipinski definition) is 0. The molecule has 0 saturated carbocycles. The molecule has 2 aromatic heterocycles. The van der Waals surface area contributed by atoms with E-state index >= 15 is 0 Å². The summed E-state index contributed by atoms with van der Waals surface area (Å²) in [4.78, 5) is 4.80. The average molecular weight is 945 g/mol. The van der Waals surface area contributed by atoms with Crippen LogP contribution in [-0.4, -0.2) is 9.13 Å². The molecule has 74 heavy (non-hydrogen) atoms. The third kappa shape index (κ3) is 7.31. The van der Waals surface area contributed by atoms with E-state index in [-0.39, 0.29) is 0 Å². The first kappa shape index (κ1) is 42.9. The van der Waals surface area contributed by atoms with Crippen molar-refractivity contribution < 1.29 is 0 Å². The fourth-order valence-electron chi connectivity index (χ4n) is 11.3. The maximum absolute atomic E-state index is 2.51. The van der Waals surface area contributed by atoms with Gasteiger partial charge in [0.1, 0.15) is 0 Å². The molecule has 0 saturated heterocycles. The van der Waals surface area contributed by atoms with E-state index in [0.29, 0.717) is 0 Å². The number of nitrogens with zero attached hydrogens (tertiary/aromatic N) is 4. The van der Waals surface area contributed by atoms with Gasteiger partial charge in [0.2, 0.25) is 0 Å². The SMILES string of the molecule is c1ccc(-c2ccc(N(c3ccc(-c4ccccc4)cc3)c3cc4c5ccccc5n(-c5ccc(N(c6ccccc6)c6ccccc6)cc5)c4c4c5ccccc5n(-c5ccc6ccccc6c5)c34)cc2)cc1. The van der Waals surface area contributed by atoms with Gasteiger partial charge in [0.05, 0.1) is 27.8 Å². The number of rotatable bonds is 10. The second-order valence-electron chi connectivity index (χ2n) is 18.9. The van der Waals surface area contributed by atoms with Crippen molar-refractivity contribution in [1.29, 1.82) is 0 Å². The van der Waals surface area contributed by atoms with Gasteiger partial charge in [-0.25, -0.2) is 0 Å². The third-order valence-corrected chi connectivity index (χ3v) is 14.6. The van der Waals surface area contributed by atoms with Gasteiger partial charge >= 0.3 is 0 Å². The minimum absolute atomic E-state index is 1.06. The Morgan fingerprint density at radius 3 is 1.23 bits per heavy atom. The molecule has 0 amide bonds. The Bertz CT molecular complexity index is 4190. The van der Waals surface area contributed by atoms with Gasteiger partial charge in [0.15, 0.2) is 0 Å². The van der Waals surface area contributed by atoms with Gasteiger partial charge in [-0.05, 0) is 136 Å². The zero-order valence-corrected chi connectivity index (χ0v) is 40.5. The molecule has 14 rings (SSSR count). The zero-order chi connectivity index (χ0) is 49.0. The Hall–Kier alpha value is -9.90. The Morgan fingerprint density at radius 1 is 0.243 bits per heavy atom. The molecule has 0 aliphatic heterocycles. The van der Waals surface area contributed by atoms with Crippen LogP contribution in [0.3, 0.4) is 0 Å². The lowest BCUT2D eigenvalue weighted by Crippen LogP contribution is -2.12. The standard InChI is InChI=1S/C70H48N4/c1-5-19-49(20-6-1)52-33-38-58(39-34-52)72(59-40-35-53(36-41-59)50-21-7-2-8-22-50)67-48-64-62-29-15-17-31-65(62)73(60-45-43-57(44-46-60)71(55-25-9-3-10-26-55)56-27-11-4-12-28-56)69(64)68-63-30-16-18-32-66(63)74(70(67)68)61-42-37-51-23-13-14-24-54(51)47-61/h1-48H. The molecule has 0 bridgehead atoms. The molecule has 4 nitrogen and oxygen atoms in total. The Balaban J connectivity index is 1.07. The van der Waals surface area contributed by atoms with E-state index in [4.69, 9.17) is 0 Å². The van der Waals surface area contributed by atoms with Gasteiger partial charge in [0.25, 0.3) is 0 Å². The summed E-state index contributed by atoms with van der Waals surface area (Å²) in [6.07, 6.45) is 0. The molecule has 0 radical (unpaired) electrons. The summed E-state index contributed by atoms with van der Waals surface area (Å²) in [6.45, 7) is 0. The van der Waals surface area contributed by atoms with E-state index in [0.717, 1.165) is 67.6 Å². The van der Waals surface area contributed by atoms with Crippen LogP contribution in [0.4, 0.5) is 34.1 Å². The van der Waals surface area contributed by atoms with Crippen molar-refractivity contribution in [2.24, 2.45) is 0 Å². The average Bonchev–Trinajstić information content (AvgIpc) is 4.08. The Morgan fingerprint density at radius 2 is 0.649 bits per heavy atom. The summed E-state index contributed by atoms with van der Waals surface area (Å²) < 4.78 is 5.01. The molecule has 0 aliphatic rings. The summed E-state index contributed by atoms with van der Waals surface area (Å²) in [7, 11) is 0. The van der Waals surface area contributed by atoms with Crippen LogP contribution in [0.25, 0.3) is 88.0 Å². The molecule has 348 valence electrons. The molecule has 0 aliphatic carbocycles. The molecular formula is C70H48N4. The largest absolute Gasteiger partial charge is 0.311 e. The minimum atomic E-state index is 1.06. The highest BCUT2D eigenvalue weighted by Crippen LogP contribution is 2.50. The van der Waals surface area contributed by atoms with Crippen molar-refractivity contribution in [1.82, 2.24) is 9.13 Å². The molecule has 0 unspecified atom stereocenters. The van der Waals surface area contributed by atoms with E-state index in [1.807, 2.05) is 0 Å². The number of benzene rings is 12. The van der Waals surface area contributed by atoms with E-state index in [2.05, 4.69) is 310 Å². The summed E-state index contributed by atoms with van der Waals surface area (Å²) >= 11 is 0. The Labute approximate surface area is 430 Å². The molecule has 0 spiro atoms. The number of para-hydroxylation sites is 4. The number of aromatic nitrogens is 2. The van der Waals surface area contributed by atoms with Gasteiger partial charge in [-0.15, -0.1) is 0 Å². The van der Waals surface area contributed by atoms with Crippen molar-refractivity contribution in [2.45, 2.75) is 0 Å². The van der Waals surface area contributed by atoms with Crippen molar-refractivity contribution in [3.8, 4) is 33.6 Å². The normalized spacial score (nSPS) is 11.5. The second kappa shape index (κ2) is 18.1. The lowest BCUT2D eigenvalue weighted by Gasteiger charge is -2.28. The lowest BCUT2D eigenvalue weighted by atomic mass is 10.0. The summed E-state index contributed by atoms with van der Waals surface area (Å²) in [6, 6.07) is 106. The first-order chi connectivity index (χ1) is 36.7. The highest BCUT2D eigenvalue weighted by atomic mass is 15.2. The number of hydrogen-bond acceptors (Lipinski definition) is 2. The molecular weight excluding hydrogens is 897 g/mol. The summed E-state index contributed by atoms with van der Waals surface area (Å²) in [5.41, 5.74) is 18.0. The highest BCUT2D eigenvalue weighted by Gasteiger charge is 2.28. The van der Waals surface area contributed by atoms with Gasteiger partial charge in [-0.3, -0.25) is 0 Å². The molecule has 4 heteroatoms. The monoisotopic (exact) mass is 944 g/mol. The highest BCUT2D eigenvalue weighted by molar-refractivity contribution is 6.29. The van der Waals surface area contributed by atoms with Gasteiger partial charge < -0.3 is 18.9 Å². The van der Waals surface area contributed by atoms with E-state index in [9.17, 15) is 0 Å². The topological polar surface area (TPSA) is 16.3 Å². The summed E-state index contributed by atoms with van der Waals surface area (Å²) in [5.74, 6) is 0. The molecule has 2 heterocycles. The fourth-order valence-corrected chi connectivity index (χ4v) is 11.3. The summed E-state index contributed by atoms with van der Waals surface area (Å²) in [5, 5.41) is 7.13. The van der Waals surface area contributed by atoms with Crippen molar-refractivity contribution in [2.75, 3.05) is 9.80 Å². The second-order valence-corrected chi connectivity index (χ2v) is 18.9. The van der Waals surface area contributed by atoms with Crippen LogP contribution >= 0.6 is 0 Å². The van der Waals surface area contributed by atoms with Crippen LogP contribution in [-0.2, 0) is 0 Å². The van der Waals surface area contributed by atoms with Gasteiger partial charge in [-0.2, -0.15) is 0 Å². The van der Waals surface area contributed by atoms with Gasteiger partial charge in [-0.1, -0.05) is 188 Å². The third-order valence-electron chi connectivity index (χ3n) is 14.6. The smallest absolute Gasteiger partial charge is 0.0804 e. The number of fused-ring (bicyclic) bond motifs is 8. The van der Waals surface area contributed by atoms with Crippen LogP contribution in [0.15, 0.2) is 291 Å². The first-order valence-corrected chi connectivity index (χ1v) is 25.3. The molecule has 0 atom stereocenters. The first-order valence-electron chi connectivity index (χ1n) is 25.3. The van der Waals surface area contributed by atoms with Crippen LogP contribution < -0.4 is 9.80 Å². The van der Waals surface area contributed by atoms with Crippen LogP contribution in [0.5, 0.6) is 0 Å². The van der Waals surface area contributed by atoms with Crippen molar-refractivity contribution in [3.63, 3.8) is 0 Å². The Kier molecular flexibility index (Phi) is 10.5. The van der Waals surface area contributed by atoms with Crippen molar-refractivity contribution >= 4 is 88.5 Å². The van der Waals surface area contributed by atoms with Crippen LogP contribution in [0.1, 0.15) is 0 Å². The molecule has 0 N–H and O–H groups in total. The fraction of sp³-hybridized carbons (Fsp3) is 0. The van der Waals surface area contributed by atoms with E-state index in [1.54, 1.807) is 0 Å². The van der Waals surface area contributed by atoms with Crippen LogP contribution in [0.2, 0.25) is 0 Å². The van der Waals surface area contributed by atoms with E-state index < -0.39 is 0 Å². The number of anilines is 6. The van der Waals surface area contributed by atoms with Gasteiger partial charge in [0, 0.05) is 61.4 Å².